The molecule has 1 aliphatic carbocycles. The van der Waals surface area contributed by atoms with Crippen molar-refractivity contribution in [2.45, 2.75) is 32.6 Å². The quantitative estimate of drug-likeness (QED) is 0.663. The second-order valence-corrected chi connectivity index (χ2v) is 3.28. The molecule has 0 spiro atoms. The maximum Gasteiger partial charge on any atom is 0.306 e. The molecule has 0 bridgehead atoms. The Labute approximate surface area is 67.6 Å². The number of hydrogen-bond donors (Lipinski definition) is 1. The van der Waals surface area contributed by atoms with E-state index in [0.717, 1.165) is 25.7 Å². The summed E-state index contributed by atoms with van der Waals surface area (Å²) < 4.78 is 0. The van der Waals surface area contributed by atoms with E-state index in [1.165, 1.54) is 0 Å². The van der Waals surface area contributed by atoms with E-state index in [1.54, 1.807) is 0 Å². The van der Waals surface area contributed by atoms with Gasteiger partial charge >= 0.3 is 5.97 Å². The fraction of sp³-hybridized carbons (Fsp3) is 0.778. The third-order valence-corrected chi connectivity index (χ3v) is 2.59. The Morgan fingerprint density at radius 3 is 2.27 bits per heavy atom. The molecule has 0 unspecified atom stereocenters. The van der Waals surface area contributed by atoms with E-state index in [1.807, 2.05) is 0 Å². The number of carbonyl (C=O) groups is 1. The van der Waals surface area contributed by atoms with Crippen LogP contribution in [0.2, 0.25) is 0 Å². The monoisotopic (exact) mass is 155 g/mol. The van der Waals surface area contributed by atoms with E-state index in [4.69, 9.17) is 5.11 Å². The number of aliphatic carboxylic acids is 1. The van der Waals surface area contributed by atoms with Crippen LogP contribution in [0.3, 0.4) is 0 Å². The molecule has 0 saturated heterocycles. The average Bonchev–Trinajstić information content (AvgIpc) is 2.05. The molecule has 1 N–H and O–H groups in total. The summed E-state index contributed by atoms with van der Waals surface area (Å²) in [5.41, 5.74) is 0. The van der Waals surface area contributed by atoms with E-state index in [0.29, 0.717) is 5.92 Å². The van der Waals surface area contributed by atoms with Crippen molar-refractivity contribution in [1.82, 2.24) is 0 Å². The van der Waals surface area contributed by atoms with Crippen LogP contribution in [-0.4, -0.2) is 11.1 Å². The number of hydrogen-bond acceptors (Lipinski definition) is 1. The van der Waals surface area contributed by atoms with E-state index in [-0.39, 0.29) is 5.92 Å². The second-order valence-electron chi connectivity index (χ2n) is 3.28. The minimum atomic E-state index is -0.612. The Bertz CT molecular complexity index is 134. The van der Waals surface area contributed by atoms with Gasteiger partial charge < -0.3 is 5.11 Å². The lowest BCUT2D eigenvalue weighted by Gasteiger charge is -2.24. The highest BCUT2D eigenvalue weighted by Gasteiger charge is 2.24. The van der Waals surface area contributed by atoms with E-state index >= 15 is 0 Å². The van der Waals surface area contributed by atoms with Gasteiger partial charge in [0.2, 0.25) is 0 Å². The summed E-state index contributed by atoms with van der Waals surface area (Å²) >= 11 is 0. The third-order valence-electron chi connectivity index (χ3n) is 2.59. The smallest absolute Gasteiger partial charge is 0.306 e. The summed E-state index contributed by atoms with van der Waals surface area (Å²) in [4.78, 5) is 10.5. The zero-order chi connectivity index (χ0) is 8.27. The highest BCUT2D eigenvalue weighted by atomic mass is 16.4. The molecule has 2 nitrogen and oxygen atoms in total. The van der Waals surface area contributed by atoms with Crippen LogP contribution < -0.4 is 0 Å². The Balaban J connectivity index is 2.30. The van der Waals surface area contributed by atoms with Gasteiger partial charge in [-0.15, -0.1) is 0 Å². The van der Waals surface area contributed by atoms with Crippen molar-refractivity contribution in [2.75, 3.05) is 0 Å². The zero-order valence-electron chi connectivity index (χ0n) is 6.92. The maximum absolute atomic E-state index is 10.5. The first-order chi connectivity index (χ1) is 5.24. The molecule has 1 aliphatic rings. The van der Waals surface area contributed by atoms with E-state index in [2.05, 4.69) is 13.3 Å². The van der Waals surface area contributed by atoms with E-state index < -0.39 is 5.97 Å². The van der Waals surface area contributed by atoms with Crippen molar-refractivity contribution in [3.8, 4) is 0 Å². The number of carboxylic acids is 1. The fourth-order valence-electron chi connectivity index (χ4n) is 1.70. The maximum atomic E-state index is 10.5. The van der Waals surface area contributed by atoms with Gasteiger partial charge in [-0.1, -0.05) is 6.92 Å². The largest absolute Gasteiger partial charge is 0.481 e. The summed E-state index contributed by atoms with van der Waals surface area (Å²) in [6, 6.07) is 0. The van der Waals surface area contributed by atoms with Crippen LogP contribution in [0.1, 0.15) is 32.6 Å². The standard InChI is InChI=1S/C9H15O2/c1-2-7-3-5-8(6-4-7)9(10)11/h2,7-8H,3-6H2,1H3,(H,10,11)/t7-,8-. The van der Waals surface area contributed by atoms with Gasteiger partial charge in [-0.2, -0.15) is 0 Å². The first kappa shape index (κ1) is 8.57. The molecule has 63 valence electrons. The van der Waals surface area contributed by atoms with Crippen molar-refractivity contribution in [1.29, 1.82) is 0 Å². The second kappa shape index (κ2) is 3.74. The Kier molecular flexibility index (Phi) is 2.92. The Hall–Kier alpha value is -0.530. The summed E-state index contributed by atoms with van der Waals surface area (Å²) in [6.07, 6.45) is 6.05. The normalized spacial score (nSPS) is 31.7. The molecule has 0 aromatic carbocycles. The molecule has 11 heavy (non-hydrogen) atoms. The minimum absolute atomic E-state index is 0.0637. The fourth-order valence-corrected chi connectivity index (χ4v) is 1.70. The first-order valence-corrected chi connectivity index (χ1v) is 4.26. The number of carboxylic acid groups (broad SMARTS) is 1. The van der Waals surface area contributed by atoms with Crippen molar-refractivity contribution in [2.24, 2.45) is 11.8 Å². The van der Waals surface area contributed by atoms with E-state index in [9.17, 15) is 4.79 Å². The van der Waals surface area contributed by atoms with Gasteiger partial charge in [-0.05, 0) is 38.0 Å². The molecule has 0 aromatic heterocycles. The molecule has 1 saturated carbocycles. The van der Waals surface area contributed by atoms with Crippen LogP contribution in [0.15, 0.2) is 0 Å². The van der Waals surface area contributed by atoms with Crippen LogP contribution in [0.5, 0.6) is 0 Å². The van der Waals surface area contributed by atoms with Crippen molar-refractivity contribution >= 4 is 5.97 Å². The lowest BCUT2D eigenvalue weighted by molar-refractivity contribution is -0.143. The predicted molar refractivity (Wildman–Crippen MR) is 43.1 cm³/mol. The summed E-state index contributed by atoms with van der Waals surface area (Å²) in [5, 5.41) is 8.69. The molecular weight excluding hydrogens is 140 g/mol. The molecule has 1 fully saturated rings. The van der Waals surface area contributed by atoms with Crippen LogP contribution in [0.25, 0.3) is 0 Å². The average molecular weight is 155 g/mol. The molecule has 1 rings (SSSR count). The first-order valence-electron chi connectivity index (χ1n) is 4.26. The zero-order valence-corrected chi connectivity index (χ0v) is 6.92. The lowest BCUT2D eigenvalue weighted by atomic mass is 9.81. The van der Waals surface area contributed by atoms with Gasteiger partial charge in [0, 0.05) is 0 Å². The lowest BCUT2D eigenvalue weighted by Crippen LogP contribution is -2.21. The Morgan fingerprint density at radius 1 is 1.36 bits per heavy atom. The molecule has 2 heteroatoms. The van der Waals surface area contributed by atoms with Gasteiger partial charge in [0.15, 0.2) is 0 Å². The van der Waals surface area contributed by atoms with Crippen LogP contribution >= 0.6 is 0 Å². The number of rotatable bonds is 2. The van der Waals surface area contributed by atoms with Crippen LogP contribution in [0.4, 0.5) is 0 Å². The summed E-state index contributed by atoms with van der Waals surface area (Å²) in [6.45, 7) is 2.06. The summed E-state index contributed by atoms with van der Waals surface area (Å²) in [5.74, 6) is -0.00338. The van der Waals surface area contributed by atoms with Gasteiger partial charge in [-0.25, -0.2) is 0 Å². The van der Waals surface area contributed by atoms with Crippen LogP contribution in [-0.2, 0) is 4.79 Å². The van der Waals surface area contributed by atoms with Crippen molar-refractivity contribution in [3.05, 3.63) is 6.42 Å². The molecule has 0 aromatic rings. The van der Waals surface area contributed by atoms with Gasteiger partial charge in [0.25, 0.3) is 0 Å². The molecule has 1 radical (unpaired) electrons. The SMILES string of the molecule is C[CH][C@H]1CC[C@H](C(=O)O)CC1. The molecule has 0 atom stereocenters. The topological polar surface area (TPSA) is 37.3 Å². The molecule has 0 amide bonds. The highest BCUT2D eigenvalue weighted by molar-refractivity contribution is 5.69. The summed E-state index contributed by atoms with van der Waals surface area (Å²) in [7, 11) is 0. The van der Waals surface area contributed by atoms with Gasteiger partial charge in [0.1, 0.15) is 0 Å². The highest BCUT2D eigenvalue weighted by Crippen LogP contribution is 2.29. The molecule has 0 heterocycles. The molecular formula is C9H15O2. The van der Waals surface area contributed by atoms with Crippen LogP contribution in [0, 0.1) is 18.3 Å². The van der Waals surface area contributed by atoms with Crippen molar-refractivity contribution < 1.29 is 9.90 Å². The predicted octanol–water partition coefficient (Wildman–Crippen LogP) is 2.10. The Morgan fingerprint density at radius 2 is 1.91 bits per heavy atom. The van der Waals surface area contributed by atoms with Crippen molar-refractivity contribution in [3.63, 3.8) is 0 Å². The van der Waals surface area contributed by atoms with Gasteiger partial charge in [0.05, 0.1) is 5.92 Å². The molecule has 0 aliphatic heterocycles. The minimum Gasteiger partial charge on any atom is -0.481 e. The van der Waals surface area contributed by atoms with Gasteiger partial charge in [-0.3, -0.25) is 4.79 Å². The third kappa shape index (κ3) is 2.21.